The molecule has 0 radical (unpaired) electrons. The van der Waals surface area contributed by atoms with Gasteiger partial charge in [-0.1, -0.05) is 35.3 Å². The molecule has 0 saturated carbocycles. The molecule has 0 spiro atoms. The summed E-state index contributed by atoms with van der Waals surface area (Å²) >= 11 is 13.6. The van der Waals surface area contributed by atoms with Crippen molar-refractivity contribution in [3.05, 3.63) is 56.2 Å². The van der Waals surface area contributed by atoms with Gasteiger partial charge >= 0.3 is 5.97 Å². The molecule has 1 aromatic carbocycles. The van der Waals surface area contributed by atoms with Gasteiger partial charge in [0.25, 0.3) is 0 Å². The molecule has 2 aromatic rings. The Kier molecular flexibility index (Phi) is 4.27. The number of benzene rings is 1. The minimum Gasteiger partial charge on any atom is -0.481 e. The van der Waals surface area contributed by atoms with Crippen LogP contribution in [0.2, 0.25) is 10.0 Å². The van der Waals surface area contributed by atoms with Gasteiger partial charge in [-0.25, -0.2) is 0 Å². The molecule has 0 aliphatic heterocycles. The zero-order valence-corrected chi connectivity index (χ0v) is 11.6. The number of halogens is 2. The molecule has 0 fully saturated rings. The Morgan fingerprint density at radius 2 is 1.89 bits per heavy atom. The smallest absolute Gasteiger partial charge is 0.312 e. The molecule has 0 aliphatic rings. The van der Waals surface area contributed by atoms with E-state index in [1.54, 1.807) is 18.2 Å². The molecule has 1 unspecified atom stereocenters. The van der Waals surface area contributed by atoms with Crippen LogP contribution in [-0.2, 0) is 11.2 Å². The van der Waals surface area contributed by atoms with E-state index in [1.807, 2.05) is 17.5 Å². The van der Waals surface area contributed by atoms with Crippen LogP contribution < -0.4 is 0 Å². The average Bonchev–Trinajstić information content (AvgIpc) is 2.81. The van der Waals surface area contributed by atoms with Crippen LogP contribution in [0.5, 0.6) is 0 Å². The normalized spacial score (nSPS) is 12.3. The van der Waals surface area contributed by atoms with E-state index in [4.69, 9.17) is 23.2 Å². The van der Waals surface area contributed by atoms with Crippen LogP contribution in [0.3, 0.4) is 0 Å². The molecule has 0 amide bonds. The third kappa shape index (κ3) is 2.86. The quantitative estimate of drug-likeness (QED) is 0.905. The number of carbonyl (C=O) groups is 1. The van der Waals surface area contributed by atoms with Crippen molar-refractivity contribution in [2.75, 3.05) is 0 Å². The van der Waals surface area contributed by atoms with E-state index in [0.29, 0.717) is 22.0 Å². The largest absolute Gasteiger partial charge is 0.481 e. The molecule has 1 aromatic heterocycles. The molecule has 0 saturated heterocycles. The number of hydrogen-bond donors (Lipinski definition) is 1. The number of carboxylic acid groups (broad SMARTS) is 1. The molecular weight excluding hydrogens is 291 g/mol. The summed E-state index contributed by atoms with van der Waals surface area (Å²) in [5.41, 5.74) is 0.682. The molecule has 18 heavy (non-hydrogen) atoms. The first-order valence-corrected chi connectivity index (χ1v) is 6.92. The molecule has 5 heteroatoms. The SMILES string of the molecule is O=C(O)C(Cc1c(Cl)cccc1Cl)c1cccs1. The maximum atomic E-state index is 11.3. The van der Waals surface area contributed by atoms with Gasteiger partial charge in [-0.15, -0.1) is 11.3 Å². The third-order valence-electron chi connectivity index (χ3n) is 2.65. The van der Waals surface area contributed by atoms with Crippen LogP contribution in [-0.4, -0.2) is 11.1 Å². The Morgan fingerprint density at radius 3 is 2.39 bits per heavy atom. The lowest BCUT2D eigenvalue weighted by atomic mass is 9.98. The van der Waals surface area contributed by atoms with Gasteiger partial charge in [0.05, 0.1) is 5.92 Å². The average molecular weight is 301 g/mol. The summed E-state index contributed by atoms with van der Waals surface area (Å²) in [6.45, 7) is 0. The van der Waals surface area contributed by atoms with Crippen molar-refractivity contribution in [1.29, 1.82) is 0 Å². The topological polar surface area (TPSA) is 37.3 Å². The molecule has 2 nitrogen and oxygen atoms in total. The molecule has 2 rings (SSSR count). The van der Waals surface area contributed by atoms with Crippen molar-refractivity contribution < 1.29 is 9.90 Å². The summed E-state index contributed by atoms with van der Waals surface area (Å²) in [4.78, 5) is 12.1. The van der Waals surface area contributed by atoms with Crippen molar-refractivity contribution in [1.82, 2.24) is 0 Å². The van der Waals surface area contributed by atoms with Gasteiger partial charge in [-0.2, -0.15) is 0 Å². The van der Waals surface area contributed by atoms with Gasteiger partial charge in [0.15, 0.2) is 0 Å². The van der Waals surface area contributed by atoms with Gasteiger partial charge in [0.2, 0.25) is 0 Å². The number of hydrogen-bond acceptors (Lipinski definition) is 2. The zero-order valence-electron chi connectivity index (χ0n) is 9.27. The first kappa shape index (κ1) is 13.4. The van der Waals surface area contributed by atoms with Crippen LogP contribution in [0, 0.1) is 0 Å². The van der Waals surface area contributed by atoms with Crippen LogP contribution in [0.4, 0.5) is 0 Å². The van der Waals surface area contributed by atoms with Crippen LogP contribution in [0.25, 0.3) is 0 Å². The van der Waals surface area contributed by atoms with Crippen molar-refractivity contribution >= 4 is 40.5 Å². The van der Waals surface area contributed by atoms with E-state index in [2.05, 4.69) is 0 Å². The Morgan fingerprint density at radius 1 is 1.22 bits per heavy atom. The Labute approximate surface area is 119 Å². The fraction of sp³-hybridized carbons (Fsp3) is 0.154. The predicted octanol–water partition coefficient (Wildman–Crippen LogP) is 4.47. The van der Waals surface area contributed by atoms with Crippen LogP contribution in [0.1, 0.15) is 16.4 Å². The standard InChI is InChI=1S/C13H10Cl2O2S/c14-10-3-1-4-11(15)8(10)7-9(13(16)17)12-5-2-6-18-12/h1-6,9H,7H2,(H,16,17). The summed E-state index contributed by atoms with van der Waals surface area (Å²) in [5, 5.41) is 12.2. The lowest BCUT2D eigenvalue weighted by Gasteiger charge is -2.13. The lowest BCUT2D eigenvalue weighted by Crippen LogP contribution is -2.13. The highest BCUT2D eigenvalue weighted by Gasteiger charge is 2.23. The number of aliphatic carboxylic acids is 1. The highest BCUT2D eigenvalue weighted by molar-refractivity contribution is 7.10. The number of thiophene rings is 1. The molecule has 0 bridgehead atoms. The van der Waals surface area contributed by atoms with Crippen molar-refractivity contribution in [2.45, 2.75) is 12.3 Å². The number of carboxylic acids is 1. The Bertz CT molecular complexity index is 532. The van der Waals surface area contributed by atoms with E-state index < -0.39 is 11.9 Å². The van der Waals surface area contributed by atoms with E-state index >= 15 is 0 Å². The molecule has 0 aliphatic carbocycles. The maximum Gasteiger partial charge on any atom is 0.312 e. The minimum atomic E-state index is -0.867. The third-order valence-corrected chi connectivity index (χ3v) is 4.35. The molecule has 1 N–H and O–H groups in total. The minimum absolute atomic E-state index is 0.300. The fourth-order valence-electron chi connectivity index (χ4n) is 1.73. The predicted molar refractivity (Wildman–Crippen MR) is 74.9 cm³/mol. The second-order valence-electron chi connectivity index (χ2n) is 3.81. The maximum absolute atomic E-state index is 11.3. The second kappa shape index (κ2) is 5.74. The summed E-state index contributed by atoms with van der Waals surface area (Å²) in [6, 6.07) is 8.83. The Hall–Kier alpha value is -1.03. The van der Waals surface area contributed by atoms with Crippen molar-refractivity contribution in [3.63, 3.8) is 0 Å². The van der Waals surface area contributed by atoms with Gasteiger partial charge in [0.1, 0.15) is 0 Å². The summed E-state index contributed by atoms with van der Waals surface area (Å²) in [6.07, 6.45) is 0.300. The van der Waals surface area contributed by atoms with Crippen LogP contribution in [0.15, 0.2) is 35.7 Å². The molecule has 1 atom stereocenters. The first-order chi connectivity index (χ1) is 8.59. The highest BCUT2D eigenvalue weighted by Crippen LogP contribution is 2.32. The second-order valence-corrected chi connectivity index (χ2v) is 5.60. The van der Waals surface area contributed by atoms with Gasteiger partial charge in [-0.3, -0.25) is 4.79 Å². The van der Waals surface area contributed by atoms with Crippen molar-refractivity contribution in [3.8, 4) is 0 Å². The van der Waals surface area contributed by atoms with Crippen molar-refractivity contribution in [2.24, 2.45) is 0 Å². The molecule has 1 heterocycles. The summed E-state index contributed by atoms with van der Waals surface area (Å²) in [5.74, 6) is -1.48. The fourth-order valence-corrected chi connectivity index (χ4v) is 3.10. The zero-order chi connectivity index (χ0) is 13.1. The lowest BCUT2D eigenvalue weighted by molar-refractivity contribution is -0.138. The van der Waals surface area contributed by atoms with Gasteiger partial charge < -0.3 is 5.11 Å². The van der Waals surface area contributed by atoms with Gasteiger partial charge in [-0.05, 0) is 35.6 Å². The summed E-state index contributed by atoms with van der Waals surface area (Å²) in [7, 11) is 0. The van der Waals surface area contributed by atoms with E-state index in [-0.39, 0.29) is 0 Å². The monoisotopic (exact) mass is 300 g/mol. The van der Waals surface area contributed by atoms with E-state index in [1.165, 1.54) is 11.3 Å². The van der Waals surface area contributed by atoms with Gasteiger partial charge in [0, 0.05) is 14.9 Å². The highest BCUT2D eigenvalue weighted by atomic mass is 35.5. The number of rotatable bonds is 4. The summed E-state index contributed by atoms with van der Waals surface area (Å²) < 4.78 is 0. The van der Waals surface area contributed by atoms with E-state index in [9.17, 15) is 9.90 Å². The van der Waals surface area contributed by atoms with Crippen LogP contribution >= 0.6 is 34.5 Å². The first-order valence-electron chi connectivity index (χ1n) is 5.28. The molecule has 94 valence electrons. The molecular formula is C13H10Cl2O2S. The van der Waals surface area contributed by atoms with E-state index in [0.717, 1.165) is 4.88 Å². The Balaban J connectivity index is 2.33.